The van der Waals surface area contributed by atoms with E-state index in [1.807, 2.05) is 48.5 Å². The summed E-state index contributed by atoms with van der Waals surface area (Å²) >= 11 is 10.9. The molecule has 0 aliphatic carbocycles. The molecule has 0 amide bonds. The van der Waals surface area contributed by atoms with E-state index < -0.39 is 0 Å². The van der Waals surface area contributed by atoms with Crippen LogP contribution in [0.4, 0.5) is 0 Å². The summed E-state index contributed by atoms with van der Waals surface area (Å²) in [6.45, 7) is 0. The van der Waals surface area contributed by atoms with Gasteiger partial charge in [0.15, 0.2) is 0 Å². The summed E-state index contributed by atoms with van der Waals surface area (Å²) in [7, 11) is 0. The summed E-state index contributed by atoms with van der Waals surface area (Å²) in [5.41, 5.74) is 1.04. The lowest BCUT2D eigenvalue weighted by Gasteiger charge is -2.04. The van der Waals surface area contributed by atoms with Crippen molar-refractivity contribution in [3.05, 3.63) is 63.6 Å². The number of rotatable bonds is 5. The molecule has 0 radical (unpaired) electrons. The van der Waals surface area contributed by atoms with Gasteiger partial charge in [-0.05, 0) is 29.8 Å². The Morgan fingerprint density at radius 2 is 1.79 bits per heavy atom. The van der Waals surface area contributed by atoms with Crippen LogP contribution in [0.5, 0.6) is 0 Å². The van der Waals surface area contributed by atoms with E-state index in [-0.39, 0.29) is 5.78 Å². The topological polar surface area (TPSA) is 17.1 Å². The van der Waals surface area contributed by atoms with Crippen LogP contribution in [0.2, 0.25) is 5.02 Å². The van der Waals surface area contributed by atoms with Gasteiger partial charge in [-0.2, -0.15) is 0 Å². The lowest BCUT2D eigenvalue weighted by Crippen LogP contribution is -2.05. The Morgan fingerprint density at radius 1 is 1.11 bits per heavy atom. The molecular weight excluding hydrogens is 344 g/mol. The minimum Gasteiger partial charge on any atom is -0.298 e. The predicted molar refractivity (Wildman–Crippen MR) is 85.0 cm³/mol. The van der Waals surface area contributed by atoms with E-state index in [1.165, 1.54) is 11.8 Å². The third kappa shape index (κ3) is 4.68. The molecule has 2 rings (SSSR count). The molecule has 0 aliphatic heterocycles. The zero-order chi connectivity index (χ0) is 13.7. The number of carbonyl (C=O) groups is 1. The fourth-order valence-electron chi connectivity index (χ4n) is 1.60. The first-order valence-corrected chi connectivity index (χ1v) is 7.94. The van der Waals surface area contributed by atoms with E-state index in [0.29, 0.717) is 17.2 Å². The Morgan fingerprint density at radius 3 is 2.47 bits per heavy atom. The van der Waals surface area contributed by atoms with Crippen LogP contribution in [0.25, 0.3) is 0 Å². The van der Waals surface area contributed by atoms with Gasteiger partial charge < -0.3 is 0 Å². The second kappa shape index (κ2) is 7.13. The summed E-state index contributed by atoms with van der Waals surface area (Å²) in [6.07, 6.45) is 0.463. The highest BCUT2D eigenvalue weighted by atomic mass is 79.9. The van der Waals surface area contributed by atoms with Crippen molar-refractivity contribution in [3.63, 3.8) is 0 Å². The van der Waals surface area contributed by atoms with Gasteiger partial charge in [-0.3, -0.25) is 4.79 Å². The second-order valence-corrected chi connectivity index (χ2v) is 6.40. The number of Topliss-reactive ketones (excluding diaryl/α,β-unsaturated/α-hetero) is 1. The molecule has 0 spiro atoms. The van der Waals surface area contributed by atoms with E-state index in [9.17, 15) is 4.79 Å². The van der Waals surface area contributed by atoms with Crippen molar-refractivity contribution in [2.24, 2.45) is 0 Å². The average molecular weight is 356 g/mol. The molecule has 1 nitrogen and oxygen atoms in total. The number of hydrogen-bond donors (Lipinski definition) is 0. The Labute approximate surface area is 130 Å². The van der Waals surface area contributed by atoms with E-state index in [0.717, 1.165) is 14.9 Å². The van der Waals surface area contributed by atoms with Gasteiger partial charge in [0.2, 0.25) is 0 Å². The van der Waals surface area contributed by atoms with Gasteiger partial charge in [0.05, 0.1) is 10.8 Å². The molecule has 0 saturated carbocycles. The molecule has 2 aromatic carbocycles. The molecule has 0 aliphatic rings. The number of thioether (sulfide) groups is 1. The Balaban J connectivity index is 1.88. The minimum atomic E-state index is 0.201. The first-order valence-electron chi connectivity index (χ1n) is 5.78. The fourth-order valence-corrected chi connectivity index (χ4v) is 2.96. The maximum Gasteiger partial charge on any atom is 0.147 e. The standard InChI is InChI=1S/C15H12BrClOS/c16-12-7-5-11(6-8-12)9-13(18)10-19-15-4-2-1-3-14(15)17/h1-8H,9-10H2. The molecular formula is C15H12BrClOS. The van der Waals surface area contributed by atoms with Gasteiger partial charge >= 0.3 is 0 Å². The molecule has 0 unspecified atom stereocenters. The van der Waals surface area contributed by atoms with Crippen molar-refractivity contribution in [2.45, 2.75) is 11.3 Å². The molecule has 0 fully saturated rings. The number of hydrogen-bond acceptors (Lipinski definition) is 2. The molecule has 0 heterocycles. The molecule has 0 bridgehead atoms. The molecule has 0 aromatic heterocycles. The monoisotopic (exact) mass is 354 g/mol. The number of carbonyl (C=O) groups excluding carboxylic acids is 1. The molecule has 0 atom stereocenters. The summed E-state index contributed by atoms with van der Waals surface area (Å²) in [4.78, 5) is 12.9. The van der Waals surface area contributed by atoms with Crippen LogP contribution in [0, 0.1) is 0 Å². The molecule has 98 valence electrons. The van der Waals surface area contributed by atoms with Gasteiger partial charge in [0.25, 0.3) is 0 Å². The third-order valence-electron chi connectivity index (χ3n) is 2.54. The average Bonchev–Trinajstić information content (AvgIpc) is 2.40. The summed E-state index contributed by atoms with van der Waals surface area (Å²) in [6, 6.07) is 15.4. The number of ketones is 1. The zero-order valence-electron chi connectivity index (χ0n) is 10.1. The van der Waals surface area contributed by atoms with Crippen molar-refractivity contribution in [2.75, 3.05) is 5.75 Å². The van der Waals surface area contributed by atoms with Gasteiger partial charge in [-0.25, -0.2) is 0 Å². The Bertz CT molecular complexity index is 569. The Kier molecular flexibility index (Phi) is 5.49. The van der Waals surface area contributed by atoms with Crippen LogP contribution in [0.15, 0.2) is 57.9 Å². The predicted octanol–water partition coefficient (Wildman–Crippen LogP) is 5.01. The van der Waals surface area contributed by atoms with Crippen LogP contribution in [-0.4, -0.2) is 11.5 Å². The first-order chi connectivity index (χ1) is 9.15. The highest BCUT2D eigenvalue weighted by Crippen LogP contribution is 2.26. The van der Waals surface area contributed by atoms with Crippen molar-refractivity contribution in [3.8, 4) is 0 Å². The first kappa shape index (κ1) is 14.6. The van der Waals surface area contributed by atoms with Gasteiger partial charge in [-0.15, -0.1) is 11.8 Å². The molecule has 19 heavy (non-hydrogen) atoms. The largest absolute Gasteiger partial charge is 0.298 e. The maximum absolute atomic E-state index is 11.9. The van der Waals surface area contributed by atoms with Crippen LogP contribution in [0.1, 0.15) is 5.56 Å². The maximum atomic E-state index is 11.9. The van der Waals surface area contributed by atoms with Crippen LogP contribution < -0.4 is 0 Å². The van der Waals surface area contributed by atoms with Gasteiger partial charge in [-0.1, -0.05) is 51.8 Å². The number of benzene rings is 2. The van der Waals surface area contributed by atoms with E-state index in [1.54, 1.807) is 0 Å². The summed E-state index contributed by atoms with van der Waals surface area (Å²) in [5.74, 6) is 0.645. The van der Waals surface area contributed by atoms with Crippen LogP contribution >= 0.6 is 39.3 Å². The normalized spacial score (nSPS) is 10.4. The Hall–Kier alpha value is -0.770. The van der Waals surface area contributed by atoms with E-state index in [4.69, 9.17) is 11.6 Å². The summed E-state index contributed by atoms with van der Waals surface area (Å²) in [5, 5.41) is 0.698. The van der Waals surface area contributed by atoms with Crippen molar-refractivity contribution in [1.82, 2.24) is 0 Å². The van der Waals surface area contributed by atoms with Crippen LogP contribution in [0.3, 0.4) is 0 Å². The van der Waals surface area contributed by atoms with Gasteiger partial charge in [0, 0.05) is 15.8 Å². The molecule has 0 N–H and O–H groups in total. The highest BCUT2D eigenvalue weighted by molar-refractivity contribution is 9.10. The number of halogens is 2. The van der Waals surface area contributed by atoms with Crippen molar-refractivity contribution >= 4 is 45.1 Å². The molecule has 2 aromatic rings. The van der Waals surface area contributed by atoms with Crippen molar-refractivity contribution in [1.29, 1.82) is 0 Å². The lowest BCUT2D eigenvalue weighted by atomic mass is 10.1. The minimum absolute atomic E-state index is 0.201. The highest BCUT2D eigenvalue weighted by Gasteiger charge is 2.06. The zero-order valence-corrected chi connectivity index (χ0v) is 13.3. The quantitative estimate of drug-likeness (QED) is 0.702. The smallest absolute Gasteiger partial charge is 0.147 e. The molecule has 4 heteroatoms. The van der Waals surface area contributed by atoms with E-state index in [2.05, 4.69) is 15.9 Å². The van der Waals surface area contributed by atoms with Gasteiger partial charge in [0.1, 0.15) is 5.78 Å². The second-order valence-electron chi connectivity index (χ2n) is 4.06. The van der Waals surface area contributed by atoms with Crippen LogP contribution in [-0.2, 0) is 11.2 Å². The SMILES string of the molecule is O=C(CSc1ccccc1Cl)Cc1ccc(Br)cc1. The molecule has 0 saturated heterocycles. The fraction of sp³-hybridized carbons (Fsp3) is 0.133. The van der Waals surface area contributed by atoms with Crippen molar-refractivity contribution < 1.29 is 4.79 Å². The summed E-state index contributed by atoms with van der Waals surface area (Å²) < 4.78 is 1.02. The van der Waals surface area contributed by atoms with E-state index >= 15 is 0 Å². The third-order valence-corrected chi connectivity index (χ3v) is 4.64. The lowest BCUT2D eigenvalue weighted by molar-refractivity contribution is -0.116.